The Bertz CT molecular complexity index is 1060. The fourth-order valence-corrected chi connectivity index (χ4v) is 6.99. The zero-order valence-corrected chi connectivity index (χ0v) is 20.2. The van der Waals surface area contributed by atoms with E-state index in [1.807, 2.05) is 12.1 Å². The maximum atomic E-state index is 12.2. The van der Waals surface area contributed by atoms with Crippen molar-refractivity contribution in [2.75, 3.05) is 31.9 Å². The molecule has 0 spiro atoms. The van der Waals surface area contributed by atoms with Crippen molar-refractivity contribution < 1.29 is 8.42 Å². The predicted octanol–water partition coefficient (Wildman–Crippen LogP) is 4.42. The molecule has 0 amide bonds. The molecule has 1 N–H and O–H groups in total. The molecule has 1 saturated heterocycles. The summed E-state index contributed by atoms with van der Waals surface area (Å²) >= 11 is 6.27. The molecule has 0 bridgehead atoms. The van der Waals surface area contributed by atoms with Crippen molar-refractivity contribution in [2.45, 2.75) is 44.4 Å². The summed E-state index contributed by atoms with van der Waals surface area (Å²) in [4.78, 5) is 2.58. The van der Waals surface area contributed by atoms with Gasteiger partial charge in [-0.2, -0.15) is 0 Å². The number of nitrogens with one attached hydrogen (secondary N) is 1. The van der Waals surface area contributed by atoms with Crippen LogP contribution < -0.4 is 4.72 Å². The molecule has 1 aliphatic heterocycles. The molecule has 2 unspecified atom stereocenters. The van der Waals surface area contributed by atoms with Gasteiger partial charge in [0.05, 0.1) is 5.75 Å². The van der Waals surface area contributed by atoms with E-state index in [0.717, 1.165) is 43.7 Å². The normalized spacial score (nSPS) is 23.2. The molecular formula is C26H33ClN2O2S. The van der Waals surface area contributed by atoms with Crippen LogP contribution in [0.25, 0.3) is 0 Å². The Kier molecular flexibility index (Phi) is 6.62. The van der Waals surface area contributed by atoms with Crippen molar-refractivity contribution in [3.63, 3.8) is 0 Å². The van der Waals surface area contributed by atoms with Crippen LogP contribution in [-0.2, 0) is 29.3 Å². The summed E-state index contributed by atoms with van der Waals surface area (Å²) in [6, 6.07) is 15.1. The lowest BCUT2D eigenvalue weighted by Gasteiger charge is -2.35. The van der Waals surface area contributed by atoms with Gasteiger partial charge in [0, 0.05) is 18.1 Å². The zero-order valence-electron chi connectivity index (χ0n) is 18.6. The first-order chi connectivity index (χ1) is 15.4. The summed E-state index contributed by atoms with van der Waals surface area (Å²) in [5, 5.41) is 0.798. The van der Waals surface area contributed by atoms with Gasteiger partial charge in [-0.3, -0.25) is 0 Å². The molecule has 2 fully saturated rings. The van der Waals surface area contributed by atoms with Gasteiger partial charge in [-0.15, -0.1) is 0 Å². The predicted molar refractivity (Wildman–Crippen MR) is 131 cm³/mol. The minimum absolute atomic E-state index is 0.289. The first kappa shape index (κ1) is 22.4. The lowest BCUT2D eigenvalue weighted by molar-refractivity contribution is 0.145. The van der Waals surface area contributed by atoms with Crippen molar-refractivity contribution in [1.82, 2.24) is 9.62 Å². The highest BCUT2D eigenvalue weighted by Crippen LogP contribution is 2.42. The van der Waals surface area contributed by atoms with Gasteiger partial charge in [0.2, 0.25) is 10.0 Å². The number of benzene rings is 2. The van der Waals surface area contributed by atoms with Crippen molar-refractivity contribution >= 4 is 21.6 Å². The lowest BCUT2D eigenvalue weighted by atomic mass is 9.85. The molecule has 6 heteroatoms. The van der Waals surface area contributed by atoms with Crippen molar-refractivity contribution in [3.05, 3.63) is 69.7 Å². The largest absolute Gasteiger partial charge is 0.303 e. The molecule has 0 aromatic heterocycles. The van der Waals surface area contributed by atoms with Crippen LogP contribution in [0.4, 0.5) is 0 Å². The number of fused-ring (bicyclic) bond motifs is 1. The summed E-state index contributed by atoms with van der Waals surface area (Å²) in [6.07, 6.45) is 6.29. The summed E-state index contributed by atoms with van der Waals surface area (Å²) in [5.41, 5.74) is 5.43. The molecule has 5 rings (SSSR count). The van der Waals surface area contributed by atoms with Crippen molar-refractivity contribution in [1.29, 1.82) is 0 Å². The fourth-order valence-electron chi connectivity index (χ4n) is 5.30. The maximum absolute atomic E-state index is 12.2. The SMILES string of the molecule is O=S(=O)(CC1CC1)NCCc1ccc2c(c1)C(Cc1cccc(Cl)c1)C(CN1CCC1)C2. The van der Waals surface area contributed by atoms with Gasteiger partial charge in [-0.1, -0.05) is 41.9 Å². The number of nitrogens with zero attached hydrogens (tertiary/aromatic N) is 1. The third-order valence-electron chi connectivity index (χ3n) is 7.33. The van der Waals surface area contributed by atoms with Gasteiger partial charge in [-0.05, 0) is 104 Å². The average molecular weight is 473 g/mol. The van der Waals surface area contributed by atoms with E-state index in [4.69, 9.17) is 11.6 Å². The minimum atomic E-state index is -3.14. The van der Waals surface area contributed by atoms with Gasteiger partial charge in [0.1, 0.15) is 0 Å². The van der Waals surface area contributed by atoms with E-state index >= 15 is 0 Å². The number of hydrogen-bond acceptors (Lipinski definition) is 3. The molecule has 1 heterocycles. The summed E-state index contributed by atoms with van der Waals surface area (Å²) < 4.78 is 27.2. The smallest absolute Gasteiger partial charge is 0.211 e. The van der Waals surface area contributed by atoms with Crippen LogP contribution in [0.3, 0.4) is 0 Å². The molecule has 32 heavy (non-hydrogen) atoms. The molecule has 172 valence electrons. The maximum Gasteiger partial charge on any atom is 0.211 e. The van der Waals surface area contributed by atoms with Gasteiger partial charge < -0.3 is 4.90 Å². The molecule has 2 aromatic rings. The standard InChI is InChI=1S/C26H33ClN2O2S/c27-24-4-1-3-21(13-24)15-26-23(17-29-11-2-12-29)16-22-8-7-19(14-25(22)26)9-10-28-32(30,31)18-20-5-6-20/h1,3-4,7-8,13-14,20,23,26,28H,2,5-6,9-12,15-18H2. The Morgan fingerprint density at radius 3 is 2.62 bits per heavy atom. The number of rotatable bonds is 10. The fraction of sp³-hybridized carbons (Fsp3) is 0.538. The number of sulfonamides is 1. The molecule has 3 aliphatic rings. The van der Waals surface area contributed by atoms with Crippen LogP contribution in [-0.4, -0.2) is 45.2 Å². The second-order valence-corrected chi connectivity index (χ2v) is 12.2. The Balaban J connectivity index is 1.29. The van der Waals surface area contributed by atoms with Crippen LogP contribution >= 0.6 is 11.6 Å². The van der Waals surface area contributed by atoms with Gasteiger partial charge in [0.25, 0.3) is 0 Å². The monoisotopic (exact) mass is 472 g/mol. The van der Waals surface area contributed by atoms with E-state index in [0.29, 0.717) is 24.3 Å². The van der Waals surface area contributed by atoms with Crippen LogP contribution in [0.5, 0.6) is 0 Å². The third kappa shape index (κ3) is 5.56. The number of likely N-dealkylation sites (tertiary alicyclic amines) is 1. The topological polar surface area (TPSA) is 49.4 Å². The lowest BCUT2D eigenvalue weighted by Crippen LogP contribution is -2.41. The van der Waals surface area contributed by atoms with E-state index in [2.05, 4.69) is 40.0 Å². The number of hydrogen-bond donors (Lipinski definition) is 1. The highest BCUT2D eigenvalue weighted by molar-refractivity contribution is 7.89. The first-order valence-electron chi connectivity index (χ1n) is 12.0. The summed E-state index contributed by atoms with van der Waals surface area (Å²) in [5.74, 6) is 1.77. The molecule has 2 atom stereocenters. The van der Waals surface area contributed by atoms with E-state index in [9.17, 15) is 8.42 Å². The molecule has 2 aromatic carbocycles. The summed E-state index contributed by atoms with van der Waals surface area (Å²) in [6.45, 7) is 4.09. The second kappa shape index (κ2) is 9.46. The van der Waals surface area contributed by atoms with Gasteiger partial charge in [0.15, 0.2) is 0 Å². The average Bonchev–Trinajstić information content (AvgIpc) is 3.45. The van der Waals surface area contributed by atoms with Gasteiger partial charge in [-0.25, -0.2) is 13.1 Å². The zero-order chi connectivity index (χ0) is 22.1. The Labute approximate surface area is 197 Å². The van der Waals surface area contributed by atoms with E-state index in [1.54, 1.807) is 0 Å². The second-order valence-electron chi connectivity index (χ2n) is 9.96. The Morgan fingerprint density at radius 2 is 1.91 bits per heavy atom. The molecule has 1 saturated carbocycles. The molecule has 4 nitrogen and oxygen atoms in total. The van der Waals surface area contributed by atoms with E-state index < -0.39 is 10.0 Å². The quantitative estimate of drug-likeness (QED) is 0.557. The van der Waals surface area contributed by atoms with Crippen LogP contribution in [0.2, 0.25) is 5.02 Å². The number of halogens is 1. The van der Waals surface area contributed by atoms with Crippen LogP contribution in [0, 0.1) is 11.8 Å². The molecule has 0 radical (unpaired) electrons. The Morgan fingerprint density at radius 1 is 1.06 bits per heavy atom. The van der Waals surface area contributed by atoms with Gasteiger partial charge >= 0.3 is 0 Å². The summed E-state index contributed by atoms with van der Waals surface area (Å²) in [7, 11) is -3.14. The van der Waals surface area contributed by atoms with E-state index in [-0.39, 0.29) is 5.75 Å². The minimum Gasteiger partial charge on any atom is -0.303 e. The highest BCUT2D eigenvalue weighted by Gasteiger charge is 2.34. The Hall–Kier alpha value is -1.40. The van der Waals surface area contributed by atoms with Crippen molar-refractivity contribution in [3.8, 4) is 0 Å². The first-order valence-corrected chi connectivity index (χ1v) is 14.0. The van der Waals surface area contributed by atoms with Crippen molar-refractivity contribution in [2.24, 2.45) is 11.8 Å². The van der Waals surface area contributed by atoms with Crippen LogP contribution in [0.1, 0.15) is 47.4 Å². The van der Waals surface area contributed by atoms with E-state index in [1.165, 1.54) is 41.8 Å². The molecule has 2 aliphatic carbocycles. The third-order valence-corrected chi connectivity index (χ3v) is 9.12. The molecular weight excluding hydrogens is 440 g/mol. The van der Waals surface area contributed by atoms with Crippen LogP contribution in [0.15, 0.2) is 42.5 Å². The highest BCUT2D eigenvalue weighted by atomic mass is 35.5.